The summed E-state index contributed by atoms with van der Waals surface area (Å²) < 4.78 is 10.9. The van der Waals surface area contributed by atoms with Gasteiger partial charge in [0, 0.05) is 25.1 Å². The van der Waals surface area contributed by atoms with Crippen LogP contribution in [0.5, 0.6) is 5.75 Å². The molecule has 0 radical (unpaired) electrons. The number of nitrogens with one attached hydrogen (secondary N) is 1. The fourth-order valence-electron chi connectivity index (χ4n) is 4.10. The molecule has 1 aliphatic carbocycles. The fraction of sp³-hybridized carbons (Fsp3) is 0.500. The molecule has 1 N–H and O–H groups in total. The van der Waals surface area contributed by atoms with Gasteiger partial charge in [-0.05, 0) is 73.8 Å². The molecule has 1 aliphatic heterocycles. The Morgan fingerprint density at radius 2 is 2.07 bits per heavy atom. The Labute approximate surface area is 172 Å². The van der Waals surface area contributed by atoms with E-state index in [-0.39, 0.29) is 5.97 Å². The number of esters is 1. The average Bonchev–Trinajstić information content (AvgIpc) is 3.53. The predicted molar refractivity (Wildman–Crippen MR) is 113 cm³/mol. The molecule has 1 aromatic heterocycles. The van der Waals surface area contributed by atoms with E-state index in [1.54, 1.807) is 0 Å². The minimum absolute atomic E-state index is 0.0777. The Hall–Kier alpha value is -2.56. The van der Waals surface area contributed by atoms with Gasteiger partial charge in [-0.25, -0.2) is 4.98 Å². The van der Waals surface area contributed by atoms with Gasteiger partial charge in [-0.15, -0.1) is 0 Å². The minimum Gasteiger partial charge on any atom is -0.493 e. The van der Waals surface area contributed by atoms with Crippen LogP contribution < -0.4 is 10.1 Å². The molecule has 2 heterocycles. The molecule has 1 fully saturated rings. The number of hydrogen-bond acceptors (Lipinski definition) is 5. The molecule has 0 amide bonds. The van der Waals surface area contributed by atoms with Gasteiger partial charge in [-0.2, -0.15) is 0 Å². The van der Waals surface area contributed by atoms with Crippen LogP contribution in [0.25, 0.3) is 0 Å². The zero-order valence-electron chi connectivity index (χ0n) is 17.2. The van der Waals surface area contributed by atoms with Gasteiger partial charge in [-0.1, -0.05) is 18.2 Å². The Bertz CT molecular complexity index is 835. The van der Waals surface area contributed by atoms with Crippen LogP contribution >= 0.6 is 0 Å². The van der Waals surface area contributed by atoms with Crippen molar-refractivity contribution in [3.05, 3.63) is 53.2 Å². The quantitative estimate of drug-likeness (QED) is 0.634. The van der Waals surface area contributed by atoms with Gasteiger partial charge in [0.15, 0.2) is 0 Å². The van der Waals surface area contributed by atoms with E-state index in [1.165, 1.54) is 17.5 Å². The van der Waals surface area contributed by atoms with Crippen LogP contribution in [0.2, 0.25) is 0 Å². The van der Waals surface area contributed by atoms with Gasteiger partial charge in [-0.3, -0.25) is 4.79 Å². The van der Waals surface area contributed by atoms with Crippen LogP contribution in [0.3, 0.4) is 0 Å². The third kappa shape index (κ3) is 5.28. The molecule has 4 rings (SSSR count). The number of aromatic nitrogens is 1. The van der Waals surface area contributed by atoms with E-state index in [1.807, 2.05) is 6.92 Å². The third-order valence-corrected chi connectivity index (χ3v) is 5.83. The first kappa shape index (κ1) is 19.7. The lowest BCUT2D eigenvalue weighted by Gasteiger charge is -2.17. The first-order valence-corrected chi connectivity index (χ1v) is 10.8. The van der Waals surface area contributed by atoms with Crippen molar-refractivity contribution in [2.75, 3.05) is 25.1 Å². The number of carbonyl (C=O) groups is 1. The molecule has 1 saturated carbocycles. The summed E-state index contributed by atoms with van der Waals surface area (Å²) in [5.41, 5.74) is 3.72. The van der Waals surface area contributed by atoms with E-state index in [0.717, 1.165) is 49.5 Å². The van der Waals surface area contributed by atoms with Crippen molar-refractivity contribution >= 4 is 11.8 Å². The number of hydrogen-bond donors (Lipinski definition) is 1. The molecule has 0 saturated heterocycles. The van der Waals surface area contributed by atoms with Crippen LogP contribution in [0, 0.1) is 5.92 Å². The Morgan fingerprint density at radius 1 is 1.21 bits per heavy atom. The van der Waals surface area contributed by atoms with Crippen molar-refractivity contribution < 1.29 is 14.3 Å². The van der Waals surface area contributed by atoms with Gasteiger partial charge < -0.3 is 14.8 Å². The number of fused-ring (bicyclic) bond motifs is 1. The lowest BCUT2D eigenvalue weighted by Crippen LogP contribution is -2.14. The molecule has 2 unspecified atom stereocenters. The Kier molecular flexibility index (Phi) is 6.33. The van der Waals surface area contributed by atoms with E-state index < -0.39 is 0 Å². The van der Waals surface area contributed by atoms with Crippen molar-refractivity contribution in [1.29, 1.82) is 0 Å². The van der Waals surface area contributed by atoms with Gasteiger partial charge in [0.05, 0.1) is 13.2 Å². The number of anilines is 1. The minimum atomic E-state index is -0.0777. The maximum Gasteiger partial charge on any atom is 0.305 e. The molecule has 2 atom stereocenters. The number of carbonyl (C=O) groups excluding carboxylic acids is 1. The molecule has 0 spiro atoms. The maximum atomic E-state index is 11.5. The predicted octanol–water partition coefficient (Wildman–Crippen LogP) is 4.51. The van der Waals surface area contributed by atoms with Gasteiger partial charge in [0.2, 0.25) is 0 Å². The maximum absolute atomic E-state index is 11.5. The normalized spacial score (nSPS) is 19.8. The molecular weight excluding hydrogens is 364 g/mol. The van der Waals surface area contributed by atoms with E-state index in [2.05, 4.69) is 41.7 Å². The smallest absolute Gasteiger partial charge is 0.305 e. The summed E-state index contributed by atoms with van der Waals surface area (Å²) in [5.74, 6) is 3.04. The summed E-state index contributed by atoms with van der Waals surface area (Å²) in [5, 5.41) is 3.38. The average molecular weight is 395 g/mol. The fourth-order valence-corrected chi connectivity index (χ4v) is 4.10. The van der Waals surface area contributed by atoms with Crippen LogP contribution in [0.15, 0.2) is 36.4 Å². The summed E-state index contributed by atoms with van der Waals surface area (Å²) in [6, 6.07) is 12.7. The first-order chi connectivity index (χ1) is 14.2. The number of benzene rings is 1. The Morgan fingerprint density at radius 3 is 2.90 bits per heavy atom. The topological polar surface area (TPSA) is 60.5 Å². The number of aryl methyl sites for hydroxylation is 1. The molecule has 1 aromatic carbocycles. The second-order valence-electron chi connectivity index (χ2n) is 7.95. The summed E-state index contributed by atoms with van der Waals surface area (Å²) >= 11 is 0. The van der Waals surface area contributed by atoms with E-state index in [9.17, 15) is 4.79 Å². The number of rotatable bonds is 9. The highest BCUT2D eigenvalue weighted by Crippen LogP contribution is 2.50. The molecule has 2 aliphatic rings. The first-order valence-electron chi connectivity index (χ1n) is 10.8. The number of ether oxygens (including phenoxy) is 2. The zero-order chi connectivity index (χ0) is 20.1. The van der Waals surface area contributed by atoms with Crippen molar-refractivity contribution in [2.45, 2.75) is 51.4 Å². The molecule has 0 bridgehead atoms. The monoisotopic (exact) mass is 394 g/mol. The largest absolute Gasteiger partial charge is 0.493 e. The molecule has 5 heteroatoms. The molecular formula is C24H30N2O3. The lowest BCUT2D eigenvalue weighted by molar-refractivity contribution is -0.143. The van der Waals surface area contributed by atoms with Gasteiger partial charge in [0.25, 0.3) is 0 Å². The van der Waals surface area contributed by atoms with E-state index >= 15 is 0 Å². The highest BCUT2D eigenvalue weighted by atomic mass is 16.5. The molecule has 5 nitrogen and oxygen atoms in total. The van der Waals surface area contributed by atoms with Gasteiger partial charge >= 0.3 is 5.97 Å². The summed E-state index contributed by atoms with van der Waals surface area (Å²) in [6.07, 6.45) is 5.71. The SMILES string of the molecule is CCOC(=O)CCC1CC1c1ccc(OCCc2ccc3c(n2)NCCC3)cc1. The molecule has 154 valence electrons. The third-order valence-electron chi connectivity index (χ3n) is 5.83. The van der Waals surface area contributed by atoms with Crippen LogP contribution in [-0.4, -0.2) is 30.7 Å². The van der Waals surface area contributed by atoms with E-state index in [4.69, 9.17) is 14.5 Å². The lowest BCUT2D eigenvalue weighted by atomic mass is 10.1. The second kappa shape index (κ2) is 9.29. The Balaban J connectivity index is 1.21. The van der Waals surface area contributed by atoms with Crippen molar-refractivity contribution in [3.8, 4) is 5.75 Å². The number of pyridine rings is 1. The summed E-state index contributed by atoms with van der Waals surface area (Å²) in [7, 11) is 0. The van der Waals surface area contributed by atoms with Crippen molar-refractivity contribution in [3.63, 3.8) is 0 Å². The van der Waals surface area contributed by atoms with Crippen LogP contribution in [0.4, 0.5) is 5.82 Å². The highest BCUT2D eigenvalue weighted by molar-refractivity contribution is 5.69. The summed E-state index contributed by atoms with van der Waals surface area (Å²) in [4.78, 5) is 16.2. The van der Waals surface area contributed by atoms with Crippen LogP contribution in [-0.2, 0) is 22.4 Å². The molecule has 2 aromatic rings. The van der Waals surface area contributed by atoms with Crippen LogP contribution in [0.1, 0.15) is 55.3 Å². The number of nitrogens with zero attached hydrogens (tertiary/aromatic N) is 1. The van der Waals surface area contributed by atoms with Crippen molar-refractivity contribution in [1.82, 2.24) is 4.98 Å². The molecule has 29 heavy (non-hydrogen) atoms. The highest BCUT2D eigenvalue weighted by Gasteiger charge is 2.38. The van der Waals surface area contributed by atoms with E-state index in [0.29, 0.717) is 31.5 Å². The second-order valence-corrected chi connectivity index (χ2v) is 7.95. The van der Waals surface area contributed by atoms with Crippen molar-refractivity contribution in [2.24, 2.45) is 5.92 Å². The standard InChI is InChI=1S/C24H30N2O3/c1-2-28-23(27)12-8-19-16-22(19)17-6-10-21(11-7-17)29-15-13-20-9-5-18-4-3-14-25-24(18)26-20/h5-7,9-11,19,22H,2-4,8,12-16H2,1H3,(H,25,26). The van der Waals surface area contributed by atoms with Gasteiger partial charge in [0.1, 0.15) is 11.6 Å². The zero-order valence-corrected chi connectivity index (χ0v) is 17.2. The summed E-state index contributed by atoms with van der Waals surface area (Å²) in [6.45, 7) is 3.95.